The highest BCUT2D eigenvalue weighted by atomic mass is 35.5. The van der Waals surface area contributed by atoms with Crippen molar-refractivity contribution in [1.82, 2.24) is 24.1 Å². The normalized spacial score (nSPS) is 16.6. The molecule has 5 rings (SSSR count). The number of hydrogen-bond acceptors (Lipinski definition) is 6. The minimum Gasteiger partial charge on any atom is -0.391 e. The van der Waals surface area contributed by atoms with Gasteiger partial charge in [-0.2, -0.15) is 5.10 Å². The summed E-state index contributed by atoms with van der Waals surface area (Å²) in [5.41, 5.74) is 2.35. The first-order valence-corrected chi connectivity index (χ1v) is 9.58. The summed E-state index contributed by atoms with van der Waals surface area (Å²) in [6.07, 6.45) is 6.87. The number of pyridine rings is 2. The molecule has 0 radical (unpaired) electrons. The van der Waals surface area contributed by atoms with Crippen molar-refractivity contribution in [3.8, 4) is 16.9 Å². The second kappa shape index (κ2) is 6.98. The van der Waals surface area contributed by atoms with E-state index in [1.54, 1.807) is 36.8 Å². The van der Waals surface area contributed by atoms with Crippen molar-refractivity contribution < 1.29 is 5.11 Å². The molecular formula is C20H17ClN6O2. The number of nitrogens with zero attached hydrogens (tertiary/aromatic N) is 6. The Hall–Kier alpha value is -3.23. The Bertz CT molecular complexity index is 1230. The van der Waals surface area contributed by atoms with Gasteiger partial charge in [-0.05, 0) is 36.8 Å². The molecular weight excluding hydrogens is 392 g/mol. The van der Waals surface area contributed by atoms with Gasteiger partial charge in [0.15, 0.2) is 0 Å². The van der Waals surface area contributed by atoms with Crippen molar-refractivity contribution in [2.45, 2.75) is 12.5 Å². The lowest BCUT2D eigenvalue weighted by molar-refractivity contribution is 0.198. The zero-order chi connectivity index (χ0) is 20.0. The largest absolute Gasteiger partial charge is 0.391 e. The van der Waals surface area contributed by atoms with Gasteiger partial charge in [0.05, 0.1) is 28.7 Å². The second-order valence-corrected chi connectivity index (χ2v) is 7.43. The van der Waals surface area contributed by atoms with E-state index in [0.29, 0.717) is 28.5 Å². The Kier molecular flexibility index (Phi) is 4.30. The molecule has 4 aromatic heterocycles. The lowest BCUT2D eigenvalue weighted by Gasteiger charge is -2.16. The van der Waals surface area contributed by atoms with E-state index in [0.717, 1.165) is 24.3 Å². The van der Waals surface area contributed by atoms with E-state index in [1.165, 1.54) is 15.4 Å². The van der Waals surface area contributed by atoms with Gasteiger partial charge in [-0.3, -0.25) is 14.3 Å². The summed E-state index contributed by atoms with van der Waals surface area (Å²) < 4.78 is 3.00. The maximum absolute atomic E-state index is 13.0. The standard InChI is InChI=1S/C20H17ClN6O2/c21-14-1-3-17(22-8-14)13-7-18-20(29)26(12-24-27(18)10-13)15-2-4-19(23-9-15)25-6-5-16(28)11-25/h1-4,7-10,12,16,28H,5-6,11H2/t16-/m1/s1. The monoisotopic (exact) mass is 408 g/mol. The van der Waals surface area contributed by atoms with E-state index in [4.69, 9.17) is 11.6 Å². The lowest BCUT2D eigenvalue weighted by atomic mass is 10.2. The Morgan fingerprint density at radius 3 is 2.72 bits per heavy atom. The number of hydrogen-bond donors (Lipinski definition) is 1. The van der Waals surface area contributed by atoms with Crippen LogP contribution in [0.15, 0.2) is 60.0 Å². The van der Waals surface area contributed by atoms with Crippen molar-refractivity contribution in [2.24, 2.45) is 0 Å². The van der Waals surface area contributed by atoms with Gasteiger partial charge in [0.25, 0.3) is 5.56 Å². The van der Waals surface area contributed by atoms with Crippen LogP contribution in [0.25, 0.3) is 22.5 Å². The third-order valence-corrected chi connectivity index (χ3v) is 5.27. The van der Waals surface area contributed by atoms with E-state index >= 15 is 0 Å². The SMILES string of the molecule is O=c1c2cc(-c3ccc(Cl)cn3)cn2ncn1-c1ccc(N2CC[C@@H](O)C2)nc1. The van der Waals surface area contributed by atoms with E-state index < -0.39 is 0 Å². The molecule has 9 heteroatoms. The summed E-state index contributed by atoms with van der Waals surface area (Å²) in [6, 6.07) is 9.00. The molecule has 0 unspecified atom stereocenters. The first-order chi connectivity index (χ1) is 14.1. The van der Waals surface area contributed by atoms with Crippen LogP contribution in [0.2, 0.25) is 5.02 Å². The van der Waals surface area contributed by atoms with Crippen molar-refractivity contribution >= 4 is 22.9 Å². The third-order valence-electron chi connectivity index (χ3n) is 5.05. The van der Waals surface area contributed by atoms with Crippen LogP contribution in [0, 0.1) is 0 Å². The molecule has 0 saturated carbocycles. The lowest BCUT2D eigenvalue weighted by Crippen LogP contribution is -2.23. The Balaban J connectivity index is 1.50. The summed E-state index contributed by atoms with van der Waals surface area (Å²) in [5, 5.41) is 14.6. The number of β-amino-alcohol motifs (C(OH)–C–C–N with tert-alkyl or cyclic N) is 1. The molecule has 146 valence electrons. The summed E-state index contributed by atoms with van der Waals surface area (Å²) in [6.45, 7) is 1.35. The van der Waals surface area contributed by atoms with Gasteiger partial charge in [0.2, 0.25) is 0 Å². The summed E-state index contributed by atoms with van der Waals surface area (Å²) in [5.74, 6) is 0.783. The summed E-state index contributed by atoms with van der Waals surface area (Å²) in [7, 11) is 0. The molecule has 0 aromatic carbocycles. The van der Waals surface area contributed by atoms with Crippen LogP contribution in [0.4, 0.5) is 5.82 Å². The number of fused-ring (bicyclic) bond motifs is 1. The molecule has 1 aliphatic rings. The van der Waals surface area contributed by atoms with Gasteiger partial charge in [0.1, 0.15) is 17.7 Å². The van der Waals surface area contributed by atoms with E-state index in [1.807, 2.05) is 17.0 Å². The maximum Gasteiger partial charge on any atom is 0.282 e. The van der Waals surface area contributed by atoms with Crippen LogP contribution in [-0.2, 0) is 0 Å². The first kappa shape index (κ1) is 17.8. The molecule has 8 nitrogen and oxygen atoms in total. The van der Waals surface area contributed by atoms with E-state index in [-0.39, 0.29) is 11.7 Å². The van der Waals surface area contributed by atoms with Crippen LogP contribution in [0.3, 0.4) is 0 Å². The van der Waals surface area contributed by atoms with Crippen LogP contribution >= 0.6 is 11.6 Å². The first-order valence-electron chi connectivity index (χ1n) is 9.20. The fraction of sp³-hybridized carbons (Fsp3) is 0.200. The number of aromatic nitrogens is 5. The highest BCUT2D eigenvalue weighted by Crippen LogP contribution is 2.21. The molecule has 0 amide bonds. The summed E-state index contributed by atoms with van der Waals surface area (Å²) >= 11 is 5.90. The maximum atomic E-state index is 13.0. The topological polar surface area (TPSA) is 88.6 Å². The molecule has 0 bridgehead atoms. The smallest absolute Gasteiger partial charge is 0.282 e. The Morgan fingerprint density at radius 2 is 2.03 bits per heavy atom. The molecule has 1 N–H and O–H groups in total. The van der Waals surface area contributed by atoms with E-state index in [9.17, 15) is 9.90 Å². The highest BCUT2D eigenvalue weighted by molar-refractivity contribution is 6.30. The third kappa shape index (κ3) is 3.26. The number of rotatable bonds is 3. The molecule has 4 aromatic rings. The minimum absolute atomic E-state index is 0.202. The zero-order valence-electron chi connectivity index (χ0n) is 15.3. The predicted molar refractivity (Wildman–Crippen MR) is 110 cm³/mol. The molecule has 1 fully saturated rings. The van der Waals surface area contributed by atoms with E-state index in [2.05, 4.69) is 15.1 Å². The second-order valence-electron chi connectivity index (χ2n) is 6.99. The van der Waals surface area contributed by atoms with Gasteiger partial charge in [0, 0.05) is 31.0 Å². The van der Waals surface area contributed by atoms with Crippen LogP contribution in [0.1, 0.15) is 6.42 Å². The molecule has 5 heterocycles. The predicted octanol–water partition coefficient (Wildman–Crippen LogP) is 2.17. The van der Waals surface area contributed by atoms with Gasteiger partial charge in [-0.15, -0.1) is 0 Å². The molecule has 1 saturated heterocycles. The number of anilines is 1. The number of aliphatic hydroxyl groups excluding tert-OH is 1. The minimum atomic E-state index is -0.315. The van der Waals surface area contributed by atoms with Gasteiger partial charge in [-0.1, -0.05) is 11.6 Å². The quantitative estimate of drug-likeness (QED) is 0.559. The van der Waals surface area contributed by atoms with Crippen molar-refractivity contribution in [3.63, 3.8) is 0 Å². The van der Waals surface area contributed by atoms with Crippen molar-refractivity contribution in [2.75, 3.05) is 18.0 Å². The molecule has 1 aliphatic heterocycles. The summed E-state index contributed by atoms with van der Waals surface area (Å²) in [4.78, 5) is 23.8. The van der Waals surface area contributed by atoms with Gasteiger partial charge >= 0.3 is 0 Å². The Morgan fingerprint density at radius 1 is 1.14 bits per heavy atom. The highest BCUT2D eigenvalue weighted by Gasteiger charge is 2.21. The van der Waals surface area contributed by atoms with Crippen LogP contribution < -0.4 is 10.5 Å². The fourth-order valence-electron chi connectivity index (χ4n) is 3.52. The Labute approximate surface area is 170 Å². The van der Waals surface area contributed by atoms with Crippen molar-refractivity contribution in [1.29, 1.82) is 0 Å². The van der Waals surface area contributed by atoms with Gasteiger partial charge in [-0.25, -0.2) is 9.50 Å². The van der Waals surface area contributed by atoms with Crippen LogP contribution in [0.5, 0.6) is 0 Å². The van der Waals surface area contributed by atoms with Crippen LogP contribution in [-0.4, -0.2) is 48.4 Å². The van der Waals surface area contributed by atoms with Gasteiger partial charge < -0.3 is 10.0 Å². The number of halogens is 1. The molecule has 0 spiro atoms. The number of aliphatic hydroxyl groups is 1. The zero-order valence-corrected chi connectivity index (χ0v) is 16.1. The molecule has 29 heavy (non-hydrogen) atoms. The average Bonchev–Trinajstić information content (AvgIpc) is 3.36. The molecule has 0 aliphatic carbocycles. The average molecular weight is 409 g/mol. The van der Waals surface area contributed by atoms with Crippen molar-refractivity contribution in [3.05, 3.63) is 70.6 Å². The fourth-order valence-corrected chi connectivity index (χ4v) is 3.63. The molecule has 1 atom stereocenters.